The van der Waals surface area contributed by atoms with Gasteiger partial charge in [0.1, 0.15) is 11.6 Å². The van der Waals surface area contributed by atoms with Crippen molar-refractivity contribution in [1.82, 2.24) is 15.1 Å². The van der Waals surface area contributed by atoms with Crippen LogP contribution in [0.3, 0.4) is 0 Å². The van der Waals surface area contributed by atoms with Crippen molar-refractivity contribution in [2.75, 3.05) is 5.32 Å². The molecule has 0 radical (unpaired) electrons. The maximum absolute atomic E-state index is 13.5. The van der Waals surface area contributed by atoms with E-state index >= 15 is 0 Å². The van der Waals surface area contributed by atoms with Gasteiger partial charge in [-0.3, -0.25) is 4.79 Å². The topological polar surface area (TPSA) is 96.3 Å². The lowest BCUT2D eigenvalue weighted by Gasteiger charge is -2.25. The van der Waals surface area contributed by atoms with E-state index in [1.165, 1.54) is 22.9 Å². The van der Waals surface area contributed by atoms with E-state index < -0.39 is 6.03 Å². The van der Waals surface area contributed by atoms with Gasteiger partial charge in [-0.25, -0.2) is 9.18 Å². The SMILES string of the molecule is CCc1ccc(C(=O)Nc2ccc(-c3cc(C4CCC4)n(C(=O)NCc4cccc(F)c4)n3)c(O)c2)cc1. The number of phenols is 1. The zero-order valence-electron chi connectivity index (χ0n) is 21.1. The van der Waals surface area contributed by atoms with E-state index in [4.69, 9.17) is 0 Å². The van der Waals surface area contributed by atoms with Crippen LogP contribution in [0, 0.1) is 5.82 Å². The minimum absolute atomic E-state index is 0.0610. The van der Waals surface area contributed by atoms with Crippen LogP contribution in [0.15, 0.2) is 72.8 Å². The second kappa shape index (κ2) is 10.9. The maximum atomic E-state index is 13.5. The van der Waals surface area contributed by atoms with Crippen LogP contribution in [-0.2, 0) is 13.0 Å². The number of aromatic nitrogens is 2. The molecule has 194 valence electrons. The Morgan fingerprint density at radius 2 is 1.82 bits per heavy atom. The summed E-state index contributed by atoms with van der Waals surface area (Å²) in [5.74, 6) is -0.491. The first-order valence-electron chi connectivity index (χ1n) is 12.8. The Balaban J connectivity index is 1.34. The number of carbonyl (C=O) groups is 2. The van der Waals surface area contributed by atoms with Gasteiger partial charge >= 0.3 is 6.03 Å². The second-order valence-corrected chi connectivity index (χ2v) is 9.52. The van der Waals surface area contributed by atoms with Crippen molar-refractivity contribution in [3.05, 3.63) is 101 Å². The van der Waals surface area contributed by atoms with Crippen molar-refractivity contribution in [2.24, 2.45) is 0 Å². The Kier molecular flexibility index (Phi) is 7.22. The molecule has 1 aliphatic carbocycles. The molecule has 4 aromatic rings. The van der Waals surface area contributed by atoms with Gasteiger partial charge in [0.2, 0.25) is 0 Å². The molecule has 0 unspecified atom stereocenters. The van der Waals surface area contributed by atoms with Gasteiger partial charge in [-0.2, -0.15) is 9.78 Å². The average Bonchev–Trinajstić information content (AvgIpc) is 3.30. The summed E-state index contributed by atoms with van der Waals surface area (Å²) in [4.78, 5) is 25.7. The van der Waals surface area contributed by atoms with Crippen molar-refractivity contribution in [3.8, 4) is 17.0 Å². The normalized spacial score (nSPS) is 13.1. The van der Waals surface area contributed by atoms with Gasteiger partial charge in [-0.05, 0) is 72.9 Å². The summed E-state index contributed by atoms with van der Waals surface area (Å²) in [5, 5.41) is 20.9. The number of rotatable bonds is 7. The summed E-state index contributed by atoms with van der Waals surface area (Å²) in [6.45, 7) is 2.22. The third kappa shape index (κ3) is 5.44. The quantitative estimate of drug-likeness (QED) is 0.273. The molecule has 3 aromatic carbocycles. The number of amides is 2. The predicted molar refractivity (Wildman–Crippen MR) is 144 cm³/mol. The van der Waals surface area contributed by atoms with E-state index in [1.807, 2.05) is 18.2 Å². The first kappa shape index (κ1) is 25.2. The Bertz CT molecular complexity index is 1480. The lowest BCUT2D eigenvalue weighted by Crippen LogP contribution is -2.31. The minimum atomic E-state index is -0.417. The molecule has 38 heavy (non-hydrogen) atoms. The number of hydrogen-bond donors (Lipinski definition) is 3. The molecule has 1 aromatic heterocycles. The van der Waals surface area contributed by atoms with Gasteiger partial charge in [-0.15, -0.1) is 0 Å². The third-order valence-electron chi connectivity index (χ3n) is 6.94. The monoisotopic (exact) mass is 512 g/mol. The first-order valence-corrected chi connectivity index (χ1v) is 12.8. The number of nitrogens with one attached hydrogen (secondary N) is 2. The summed E-state index contributed by atoms with van der Waals surface area (Å²) in [6, 6.07) is 19.7. The molecule has 7 nitrogen and oxygen atoms in total. The van der Waals surface area contributed by atoms with Crippen molar-refractivity contribution in [3.63, 3.8) is 0 Å². The number of carbonyl (C=O) groups excluding carboxylic acids is 2. The van der Waals surface area contributed by atoms with Gasteiger partial charge < -0.3 is 15.7 Å². The van der Waals surface area contributed by atoms with Crippen LogP contribution in [0.1, 0.15) is 59.3 Å². The molecule has 1 heterocycles. The summed E-state index contributed by atoms with van der Waals surface area (Å²) < 4.78 is 14.8. The molecule has 8 heteroatoms. The number of phenolic OH excluding ortho intramolecular Hbond substituents is 1. The van der Waals surface area contributed by atoms with Crippen LogP contribution in [0.4, 0.5) is 14.9 Å². The summed E-state index contributed by atoms with van der Waals surface area (Å²) >= 11 is 0. The van der Waals surface area contributed by atoms with Gasteiger partial charge in [0, 0.05) is 35.3 Å². The highest BCUT2D eigenvalue weighted by molar-refractivity contribution is 6.04. The third-order valence-corrected chi connectivity index (χ3v) is 6.94. The Labute approximate surface area is 220 Å². The molecule has 1 aliphatic rings. The predicted octanol–water partition coefficient (Wildman–Crippen LogP) is 6.23. The van der Waals surface area contributed by atoms with Crippen molar-refractivity contribution in [1.29, 1.82) is 0 Å². The van der Waals surface area contributed by atoms with Crippen molar-refractivity contribution < 1.29 is 19.1 Å². The van der Waals surface area contributed by atoms with Crippen LogP contribution in [0.5, 0.6) is 5.75 Å². The molecule has 1 fully saturated rings. The van der Waals surface area contributed by atoms with E-state index in [9.17, 15) is 19.1 Å². The largest absolute Gasteiger partial charge is 0.507 e. The number of halogens is 1. The Morgan fingerprint density at radius 3 is 2.47 bits per heavy atom. The molecule has 0 atom stereocenters. The van der Waals surface area contributed by atoms with Crippen molar-refractivity contribution >= 4 is 17.6 Å². The number of nitrogens with zero attached hydrogens (tertiary/aromatic N) is 2. The zero-order chi connectivity index (χ0) is 26.6. The van der Waals surface area contributed by atoms with Gasteiger partial charge in [-0.1, -0.05) is 37.6 Å². The molecule has 5 rings (SSSR count). The number of benzene rings is 3. The summed E-state index contributed by atoms with van der Waals surface area (Å²) in [5.41, 5.74) is 4.45. The summed E-state index contributed by atoms with van der Waals surface area (Å²) in [7, 11) is 0. The highest BCUT2D eigenvalue weighted by atomic mass is 19.1. The molecular formula is C30H29FN4O3. The van der Waals surface area contributed by atoms with E-state index in [0.29, 0.717) is 28.1 Å². The van der Waals surface area contributed by atoms with Crippen LogP contribution in [0.2, 0.25) is 0 Å². The van der Waals surface area contributed by atoms with Gasteiger partial charge in [0.05, 0.1) is 11.4 Å². The number of aryl methyl sites for hydroxylation is 1. The molecular weight excluding hydrogens is 483 g/mol. The highest BCUT2D eigenvalue weighted by Crippen LogP contribution is 2.39. The highest BCUT2D eigenvalue weighted by Gasteiger charge is 2.27. The smallest absolute Gasteiger partial charge is 0.342 e. The van der Waals surface area contributed by atoms with Gasteiger partial charge in [0.25, 0.3) is 5.91 Å². The Morgan fingerprint density at radius 1 is 1.03 bits per heavy atom. The number of aromatic hydroxyl groups is 1. The van der Waals surface area contributed by atoms with Crippen LogP contribution >= 0.6 is 0 Å². The molecule has 2 amide bonds. The fourth-order valence-electron chi connectivity index (χ4n) is 4.51. The van der Waals surface area contributed by atoms with E-state index in [2.05, 4.69) is 22.7 Å². The van der Waals surface area contributed by atoms with Crippen LogP contribution in [0.25, 0.3) is 11.3 Å². The maximum Gasteiger partial charge on any atom is 0.342 e. The van der Waals surface area contributed by atoms with Crippen LogP contribution in [-0.4, -0.2) is 26.8 Å². The second-order valence-electron chi connectivity index (χ2n) is 9.52. The van der Waals surface area contributed by atoms with Gasteiger partial charge in [0.15, 0.2) is 0 Å². The zero-order valence-corrected chi connectivity index (χ0v) is 21.1. The fourth-order valence-corrected chi connectivity index (χ4v) is 4.51. The molecule has 1 saturated carbocycles. The van der Waals surface area contributed by atoms with E-state index in [0.717, 1.165) is 36.9 Å². The minimum Gasteiger partial charge on any atom is -0.507 e. The average molecular weight is 513 g/mol. The standard InChI is InChI=1S/C30H29FN4O3/c1-2-19-9-11-22(12-10-19)29(37)33-24-13-14-25(28(36)16-24)26-17-27(21-6-4-7-21)35(34-26)30(38)32-18-20-5-3-8-23(31)15-20/h3,5,8-17,21,36H,2,4,6-7,18H2,1H3,(H,32,38)(H,33,37). The number of hydrogen-bond acceptors (Lipinski definition) is 4. The first-order chi connectivity index (χ1) is 18.4. The van der Waals surface area contributed by atoms with E-state index in [-0.39, 0.29) is 29.9 Å². The molecule has 0 bridgehead atoms. The number of anilines is 1. The fraction of sp³-hybridized carbons (Fsp3) is 0.233. The van der Waals surface area contributed by atoms with Crippen LogP contribution < -0.4 is 10.6 Å². The lowest BCUT2D eigenvalue weighted by molar-refractivity contribution is 0.102. The molecule has 3 N–H and O–H groups in total. The van der Waals surface area contributed by atoms with Crippen molar-refractivity contribution in [2.45, 2.75) is 45.1 Å². The molecule has 0 saturated heterocycles. The summed E-state index contributed by atoms with van der Waals surface area (Å²) in [6.07, 6.45) is 3.89. The Hall–Kier alpha value is -4.46. The molecule has 0 spiro atoms. The molecule has 0 aliphatic heterocycles. The lowest BCUT2D eigenvalue weighted by atomic mass is 9.82. The van der Waals surface area contributed by atoms with E-state index in [1.54, 1.807) is 36.4 Å².